The SMILES string of the molecule is CC(C)(Cl)CC(C)(C)CCC(=O)O. The molecule has 0 aromatic heterocycles. The van der Waals surface area contributed by atoms with E-state index in [4.69, 9.17) is 16.7 Å². The second-order valence-electron chi connectivity index (χ2n) is 4.95. The van der Waals surface area contributed by atoms with Crippen molar-refractivity contribution in [1.29, 1.82) is 0 Å². The molecule has 1 N–H and O–H groups in total. The van der Waals surface area contributed by atoms with E-state index in [1.165, 1.54) is 0 Å². The van der Waals surface area contributed by atoms with E-state index in [0.717, 1.165) is 6.42 Å². The Morgan fingerprint density at radius 3 is 2.08 bits per heavy atom. The van der Waals surface area contributed by atoms with Crippen LogP contribution in [0.15, 0.2) is 0 Å². The summed E-state index contributed by atoms with van der Waals surface area (Å²) in [6, 6.07) is 0. The largest absolute Gasteiger partial charge is 0.481 e. The number of rotatable bonds is 5. The van der Waals surface area contributed by atoms with Gasteiger partial charge in [0.15, 0.2) is 0 Å². The second-order valence-corrected chi connectivity index (χ2v) is 5.98. The van der Waals surface area contributed by atoms with E-state index in [1.54, 1.807) is 0 Å². The van der Waals surface area contributed by atoms with Crippen LogP contribution in [0.4, 0.5) is 0 Å². The molecule has 2 nitrogen and oxygen atoms in total. The molecule has 0 aromatic rings. The van der Waals surface area contributed by atoms with E-state index in [-0.39, 0.29) is 16.7 Å². The number of hydrogen-bond acceptors (Lipinski definition) is 1. The number of carboxylic acids is 1. The first-order valence-corrected chi connectivity index (χ1v) is 4.91. The summed E-state index contributed by atoms with van der Waals surface area (Å²) < 4.78 is 0. The van der Waals surface area contributed by atoms with Gasteiger partial charge in [0.1, 0.15) is 0 Å². The molecule has 0 aliphatic carbocycles. The summed E-state index contributed by atoms with van der Waals surface area (Å²) >= 11 is 6.09. The van der Waals surface area contributed by atoms with E-state index < -0.39 is 5.97 Å². The number of alkyl halides is 1. The molecular formula is C10H19ClO2. The quantitative estimate of drug-likeness (QED) is 0.701. The van der Waals surface area contributed by atoms with Crippen LogP contribution in [-0.4, -0.2) is 16.0 Å². The third kappa shape index (κ3) is 8.10. The van der Waals surface area contributed by atoms with Crippen LogP contribution >= 0.6 is 11.6 Å². The molecule has 0 radical (unpaired) electrons. The molecule has 0 saturated carbocycles. The first-order valence-electron chi connectivity index (χ1n) is 4.53. The minimum atomic E-state index is -0.736. The molecule has 0 aliphatic rings. The average Bonchev–Trinajstić information content (AvgIpc) is 1.78. The third-order valence-electron chi connectivity index (χ3n) is 1.91. The Morgan fingerprint density at radius 2 is 1.77 bits per heavy atom. The Hall–Kier alpha value is -0.240. The molecule has 0 atom stereocenters. The summed E-state index contributed by atoms with van der Waals surface area (Å²) in [5.41, 5.74) is 0.00361. The van der Waals surface area contributed by atoms with E-state index in [2.05, 4.69) is 13.8 Å². The first-order chi connectivity index (χ1) is 5.62. The zero-order chi connectivity index (χ0) is 10.7. The molecule has 0 fully saturated rings. The molecule has 0 spiro atoms. The summed E-state index contributed by atoms with van der Waals surface area (Å²) in [6.45, 7) is 8.02. The van der Waals surface area contributed by atoms with Gasteiger partial charge in [-0.15, -0.1) is 11.6 Å². The Morgan fingerprint density at radius 1 is 1.31 bits per heavy atom. The maximum atomic E-state index is 10.4. The molecule has 0 unspecified atom stereocenters. The van der Waals surface area contributed by atoms with Crippen LogP contribution in [-0.2, 0) is 4.79 Å². The summed E-state index contributed by atoms with van der Waals surface area (Å²) in [5, 5.41) is 8.54. The minimum absolute atomic E-state index is 0.00361. The van der Waals surface area contributed by atoms with Gasteiger partial charge in [-0.1, -0.05) is 13.8 Å². The normalized spacial score (nSPS) is 13.0. The van der Waals surface area contributed by atoms with Gasteiger partial charge >= 0.3 is 5.97 Å². The molecule has 78 valence electrons. The van der Waals surface area contributed by atoms with Gasteiger partial charge in [-0.05, 0) is 32.1 Å². The number of carboxylic acid groups (broad SMARTS) is 1. The highest BCUT2D eigenvalue weighted by atomic mass is 35.5. The van der Waals surface area contributed by atoms with Crippen molar-refractivity contribution >= 4 is 17.6 Å². The molecule has 3 heteroatoms. The second kappa shape index (κ2) is 4.32. The van der Waals surface area contributed by atoms with Gasteiger partial charge in [0, 0.05) is 11.3 Å². The fourth-order valence-electron chi connectivity index (χ4n) is 1.67. The Balaban J connectivity index is 4.01. The van der Waals surface area contributed by atoms with E-state index in [1.807, 2.05) is 13.8 Å². The molecule has 0 heterocycles. The van der Waals surface area contributed by atoms with Crippen molar-refractivity contribution in [3.63, 3.8) is 0 Å². The highest BCUT2D eigenvalue weighted by Gasteiger charge is 2.27. The fraction of sp³-hybridized carbons (Fsp3) is 0.900. The van der Waals surface area contributed by atoms with Crippen molar-refractivity contribution in [3.05, 3.63) is 0 Å². The highest BCUT2D eigenvalue weighted by Crippen LogP contribution is 2.35. The van der Waals surface area contributed by atoms with Gasteiger partial charge in [-0.25, -0.2) is 0 Å². The van der Waals surface area contributed by atoms with Gasteiger partial charge in [0.05, 0.1) is 0 Å². The van der Waals surface area contributed by atoms with Gasteiger partial charge in [-0.2, -0.15) is 0 Å². The summed E-state index contributed by atoms with van der Waals surface area (Å²) in [4.78, 5) is 10.1. The molecular weight excluding hydrogens is 188 g/mol. The zero-order valence-corrected chi connectivity index (χ0v) is 9.61. The maximum Gasteiger partial charge on any atom is 0.303 e. The first kappa shape index (κ1) is 12.8. The topological polar surface area (TPSA) is 37.3 Å². The Bertz CT molecular complexity index is 180. The van der Waals surface area contributed by atoms with Gasteiger partial charge in [0.25, 0.3) is 0 Å². The maximum absolute atomic E-state index is 10.4. The molecule has 0 bridgehead atoms. The molecule has 0 aromatic carbocycles. The lowest BCUT2D eigenvalue weighted by molar-refractivity contribution is -0.137. The third-order valence-corrected chi connectivity index (χ3v) is 2.05. The average molecular weight is 207 g/mol. The van der Waals surface area contributed by atoms with Crippen molar-refractivity contribution in [2.75, 3.05) is 0 Å². The standard InChI is InChI=1S/C10H19ClO2/c1-9(2,6-5-8(12)13)7-10(3,4)11/h5-7H2,1-4H3,(H,12,13). The van der Waals surface area contributed by atoms with Crippen molar-refractivity contribution in [2.45, 2.75) is 51.8 Å². The lowest BCUT2D eigenvalue weighted by atomic mass is 9.80. The predicted molar refractivity (Wildman–Crippen MR) is 55.2 cm³/mol. The van der Waals surface area contributed by atoms with Crippen LogP contribution in [0.2, 0.25) is 0 Å². The van der Waals surface area contributed by atoms with Gasteiger partial charge in [0.2, 0.25) is 0 Å². The Labute approximate surface area is 85.3 Å². The monoisotopic (exact) mass is 206 g/mol. The van der Waals surface area contributed by atoms with E-state index >= 15 is 0 Å². The molecule has 13 heavy (non-hydrogen) atoms. The predicted octanol–water partition coefficient (Wildman–Crippen LogP) is 3.28. The van der Waals surface area contributed by atoms with E-state index in [9.17, 15) is 4.79 Å². The number of carbonyl (C=O) groups is 1. The van der Waals surface area contributed by atoms with Crippen LogP contribution in [0.5, 0.6) is 0 Å². The van der Waals surface area contributed by atoms with Crippen molar-refractivity contribution in [3.8, 4) is 0 Å². The number of halogens is 1. The molecule has 0 amide bonds. The lowest BCUT2D eigenvalue weighted by Gasteiger charge is -2.30. The highest BCUT2D eigenvalue weighted by molar-refractivity contribution is 6.23. The van der Waals surface area contributed by atoms with Crippen LogP contribution in [0.3, 0.4) is 0 Å². The van der Waals surface area contributed by atoms with E-state index in [0.29, 0.717) is 6.42 Å². The van der Waals surface area contributed by atoms with Crippen LogP contribution in [0.25, 0.3) is 0 Å². The molecule has 0 rings (SSSR count). The molecule has 0 saturated heterocycles. The van der Waals surface area contributed by atoms with Crippen LogP contribution in [0.1, 0.15) is 47.0 Å². The lowest BCUT2D eigenvalue weighted by Crippen LogP contribution is -2.24. The van der Waals surface area contributed by atoms with Crippen molar-refractivity contribution in [1.82, 2.24) is 0 Å². The fourth-order valence-corrected chi connectivity index (χ4v) is 2.03. The summed E-state index contributed by atoms with van der Waals surface area (Å²) in [7, 11) is 0. The number of aliphatic carboxylic acids is 1. The number of hydrogen-bond donors (Lipinski definition) is 1. The smallest absolute Gasteiger partial charge is 0.303 e. The minimum Gasteiger partial charge on any atom is -0.481 e. The van der Waals surface area contributed by atoms with Crippen LogP contribution in [0, 0.1) is 5.41 Å². The summed E-state index contributed by atoms with van der Waals surface area (Å²) in [6.07, 6.45) is 1.73. The van der Waals surface area contributed by atoms with Gasteiger partial charge in [-0.3, -0.25) is 4.79 Å². The van der Waals surface area contributed by atoms with Gasteiger partial charge < -0.3 is 5.11 Å². The van der Waals surface area contributed by atoms with Crippen molar-refractivity contribution in [2.24, 2.45) is 5.41 Å². The summed E-state index contributed by atoms with van der Waals surface area (Å²) in [5.74, 6) is -0.736. The molecule has 0 aliphatic heterocycles. The van der Waals surface area contributed by atoms with Crippen LogP contribution < -0.4 is 0 Å². The Kier molecular flexibility index (Phi) is 4.24. The zero-order valence-electron chi connectivity index (χ0n) is 8.85. The van der Waals surface area contributed by atoms with Crippen molar-refractivity contribution < 1.29 is 9.90 Å².